The molecule has 0 fully saturated rings. The monoisotopic (exact) mass is 226 g/mol. The predicted octanol–water partition coefficient (Wildman–Crippen LogP) is 3.50. The van der Waals surface area contributed by atoms with Crippen LogP contribution in [0.15, 0.2) is 11.4 Å². The number of hydrogen-bond acceptors (Lipinski definition) is 3. The van der Waals surface area contributed by atoms with E-state index in [1.54, 1.807) is 11.3 Å². The van der Waals surface area contributed by atoms with E-state index in [0.717, 1.165) is 5.56 Å². The third kappa shape index (κ3) is 3.67. The van der Waals surface area contributed by atoms with Gasteiger partial charge in [-0.3, -0.25) is 4.79 Å². The van der Waals surface area contributed by atoms with Gasteiger partial charge in [0.2, 0.25) is 0 Å². The third-order valence-electron chi connectivity index (χ3n) is 2.01. The summed E-state index contributed by atoms with van der Waals surface area (Å²) in [5, 5.41) is 2.02. The Balaban J connectivity index is 2.69. The zero-order valence-corrected chi connectivity index (χ0v) is 10.8. The lowest BCUT2D eigenvalue weighted by atomic mass is 10.0. The molecule has 0 bridgehead atoms. The van der Waals surface area contributed by atoms with E-state index in [0.29, 0.717) is 0 Å². The highest BCUT2D eigenvalue weighted by Gasteiger charge is 2.23. The van der Waals surface area contributed by atoms with Gasteiger partial charge in [-0.05, 0) is 51.6 Å². The molecule has 84 valence electrons. The molecule has 0 amide bonds. The standard InChI is InChI=1S/C12H18O2S/c1-8-6-10(7-15-8)9(2)11(13)14-12(3,4)5/h6-7,9H,1-5H3. The summed E-state index contributed by atoms with van der Waals surface area (Å²) in [5.74, 6) is -0.325. The molecular weight excluding hydrogens is 208 g/mol. The lowest BCUT2D eigenvalue weighted by Gasteiger charge is -2.21. The van der Waals surface area contributed by atoms with E-state index in [1.807, 2.05) is 46.1 Å². The lowest BCUT2D eigenvalue weighted by molar-refractivity contribution is -0.156. The maximum atomic E-state index is 11.8. The normalized spacial score (nSPS) is 13.7. The average molecular weight is 226 g/mol. The first-order chi connectivity index (χ1) is 6.79. The van der Waals surface area contributed by atoms with Crippen molar-refractivity contribution in [1.82, 2.24) is 0 Å². The Morgan fingerprint density at radius 1 is 1.47 bits per heavy atom. The molecule has 0 aliphatic rings. The lowest BCUT2D eigenvalue weighted by Crippen LogP contribution is -2.26. The van der Waals surface area contributed by atoms with Gasteiger partial charge in [0.05, 0.1) is 5.92 Å². The molecule has 0 aliphatic heterocycles. The summed E-state index contributed by atoms with van der Waals surface area (Å²) < 4.78 is 5.33. The fourth-order valence-electron chi connectivity index (χ4n) is 1.22. The molecular formula is C12H18O2S. The van der Waals surface area contributed by atoms with Crippen molar-refractivity contribution in [2.45, 2.75) is 46.1 Å². The van der Waals surface area contributed by atoms with Crippen molar-refractivity contribution in [3.63, 3.8) is 0 Å². The number of carbonyl (C=O) groups is 1. The zero-order chi connectivity index (χ0) is 11.6. The van der Waals surface area contributed by atoms with Crippen LogP contribution in [0.5, 0.6) is 0 Å². The van der Waals surface area contributed by atoms with Crippen LogP contribution in [0.2, 0.25) is 0 Å². The van der Waals surface area contributed by atoms with E-state index >= 15 is 0 Å². The topological polar surface area (TPSA) is 26.3 Å². The molecule has 0 saturated heterocycles. The Hall–Kier alpha value is -0.830. The predicted molar refractivity (Wildman–Crippen MR) is 63.3 cm³/mol. The van der Waals surface area contributed by atoms with E-state index < -0.39 is 5.60 Å². The molecule has 1 unspecified atom stereocenters. The number of thiophene rings is 1. The number of rotatable bonds is 2. The molecule has 2 nitrogen and oxygen atoms in total. The van der Waals surface area contributed by atoms with Gasteiger partial charge in [-0.25, -0.2) is 0 Å². The zero-order valence-electron chi connectivity index (χ0n) is 9.96. The Morgan fingerprint density at radius 2 is 2.07 bits per heavy atom. The fraction of sp³-hybridized carbons (Fsp3) is 0.583. The fourth-order valence-corrected chi connectivity index (χ4v) is 2.02. The third-order valence-corrected chi connectivity index (χ3v) is 2.89. The minimum atomic E-state index is -0.406. The second-order valence-electron chi connectivity index (χ2n) is 4.75. The van der Waals surface area contributed by atoms with E-state index in [9.17, 15) is 4.79 Å². The maximum Gasteiger partial charge on any atom is 0.313 e. The van der Waals surface area contributed by atoms with Crippen molar-refractivity contribution in [2.75, 3.05) is 0 Å². The summed E-state index contributed by atoms with van der Waals surface area (Å²) in [7, 11) is 0. The first-order valence-electron chi connectivity index (χ1n) is 5.07. The van der Waals surface area contributed by atoms with E-state index in [-0.39, 0.29) is 11.9 Å². The van der Waals surface area contributed by atoms with Crippen molar-refractivity contribution in [3.05, 3.63) is 21.9 Å². The molecule has 0 radical (unpaired) electrons. The van der Waals surface area contributed by atoms with Crippen LogP contribution in [0, 0.1) is 6.92 Å². The summed E-state index contributed by atoms with van der Waals surface area (Å²) >= 11 is 1.66. The Morgan fingerprint density at radius 3 is 2.47 bits per heavy atom. The summed E-state index contributed by atoms with van der Waals surface area (Å²) in [4.78, 5) is 13.0. The number of carbonyl (C=O) groups excluding carboxylic acids is 1. The molecule has 3 heteroatoms. The van der Waals surface area contributed by atoms with Crippen LogP contribution in [0.25, 0.3) is 0 Å². The van der Waals surface area contributed by atoms with Gasteiger partial charge in [0, 0.05) is 4.88 Å². The van der Waals surface area contributed by atoms with Crippen LogP contribution in [0.3, 0.4) is 0 Å². The molecule has 15 heavy (non-hydrogen) atoms. The number of ether oxygens (including phenoxy) is 1. The van der Waals surface area contributed by atoms with Crippen LogP contribution in [0.1, 0.15) is 44.1 Å². The first-order valence-corrected chi connectivity index (χ1v) is 5.95. The Kier molecular flexibility index (Phi) is 3.55. The molecule has 0 aliphatic carbocycles. The molecule has 1 atom stereocenters. The minimum absolute atomic E-state index is 0.152. The summed E-state index contributed by atoms with van der Waals surface area (Å²) in [6.45, 7) is 9.58. The summed E-state index contributed by atoms with van der Waals surface area (Å²) in [5.41, 5.74) is 0.642. The van der Waals surface area contributed by atoms with Gasteiger partial charge in [-0.2, -0.15) is 0 Å². The number of esters is 1. The van der Waals surface area contributed by atoms with Gasteiger partial charge in [-0.15, -0.1) is 11.3 Å². The molecule has 0 saturated carbocycles. The number of aryl methyl sites for hydroxylation is 1. The summed E-state index contributed by atoms with van der Waals surface area (Å²) in [6, 6.07) is 2.04. The average Bonchev–Trinajstić information content (AvgIpc) is 2.47. The van der Waals surface area contributed by atoms with Gasteiger partial charge in [0.15, 0.2) is 0 Å². The SMILES string of the molecule is Cc1cc(C(C)C(=O)OC(C)(C)C)cs1. The van der Waals surface area contributed by atoms with Crippen LogP contribution >= 0.6 is 11.3 Å². The second-order valence-corrected chi connectivity index (χ2v) is 5.86. The van der Waals surface area contributed by atoms with Crippen molar-refractivity contribution >= 4 is 17.3 Å². The minimum Gasteiger partial charge on any atom is -0.460 e. The number of hydrogen-bond donors (Lipinski definition) is 0. The highest BCUT2D eigenvalue weighted by Crippen LogP contribution is 2.24. The maximum absolute atomic E-state index is 11.8. The van der Waals surface area contributed by atoms with Crippen LogP contribution in [0.4, 0.5) is 0 Å². The van der Waals surface area contributed by atoms with Gasteiger partial charge in [0.1, 0.15) is 5.60 Å². The van der Waals surface area contributed by atoms with E-state index in [1.165, 1.54) is 4.88 Å². The molecule has 0 aromatic carbocycles. The molecule has 1 rings (SSSR count). The van der Waals surface area contributed by atoms with Crippen LogP contribution in [-0.4, -0.2) is 11.6 Å². The second kappa shape index (κ2) is 4.35. The van der Waals surface area contributed by atoms with Crippen LogP contribution < -0.4 is 0 Å². The smallest absolute Gasteiger partial charge is 0.313 e. The molecule has 0 spiro atoms. The molecule has 0 N–H and O–H groups in total. The van der Waals surface area contributed by atoms with Crippen molar-refractivity contribution < 1.29 is 9.53 Å². The van der Waals surface area contributed by atoms with Gasteiger partial charge < -0.3 is 4.74 Å². The van der Waals surface area contributed by atoms with E-state index in [2.05, 4.69) is 0 Å². The summed E-state index contributed by atoms with van der Waals surface area (Å²) in [6.07, 6.45) is 0. The largest absolute Gasteiger partial charge is 0.460 e. The first kappa shape index (κ1) is 12.2. The Labute approximate surface area is 95.3 Å². The van der Waals surface area contributed by atoms with E-state index in [4.69, 9.17) is 4.74 Å². The highest BCUT2D eigenvalue weighted by atomic mass is 32.1. The quantitative estimate of drug-likeness (QED) is 0.721. The Bertz CT molecular complexity index is 347. The van der Waals surface area contributed by atoms with Gasteiger partial charge >= 0.3 is 5.97 Å². The molecule has 1 aromatic rings. The molecule has 1 heterocycles. The van der Waals surface area contributed by atoms with Gasteiger partial charge in [0.25, 0.3) is 0 Å². The van der Waals surface area contributed by atoms with Crippen LogP contribution in [-0.2, 0) is 9.53 Å². The van der Waals surface area contributed by atoms with Crippen molar-refractivity contribution in [1.29, 1.82) is 0 Å². The molecule has 1 aromatic heterocycles. The van der Waals surface area contributed by atoms with Gasteiger partial charge in [-0.1, -0.05) is 0 Å². The highest BCUT2D eigenvalue weighted by molar-refractivity contribution is 7.10. The van der Waals surface area contributed by atoms with Crippen molar-refractivity contribution in [2.24, 2.45) is 0 Å². The van der Waals surface area contributed by atoms with Crippen molar-refractivity contribution in [3.8, 4) is 0 Å².